The van der Waals surface area contributed by atoms with E-state index in [1.807, 2.05) is 48.6 Å². The highest BCUT2D eigenvalue weighted by atomic mass is 35.5. The van der Waals surface area contributed by atoms with E-state index in [2.05, 4.69) is 4.99 Å². The largest absolute Gasteiger partial charge is 0.335 e. The van der Waals surface area contributed by atoms with E-state index in [0.717, 1.165) is 27.2 Å². The van der Waals surface area contributed by atoms with Crippen molar-refractivity contribution < 1.29 is 0 Å². The summed E-state index contributed by atoms with van der Waals surface area (Å²) in [5, 5.41) is 2.98. The number of aliphatic imine (C=N–C) groups is 1. The zero-order valence-corrected chi connectivity index (χ0v) is 8.99. The molecule has 2 nitrogen and oxygen atoms in total. The van der Waals surface area contributed by atoms with Gasteiger partial charge in [-0.25, -0.2) is 4.99 Å². The zero-order chi connectivity index (χ0) is 10.4. The Morgan fingerprint density at radius 3 is 2.93 bits per heavy atom. The predicted molar refractivity (Wildman–Crippen MR) is 65.5 cm³/mol. The molecule has 2 aromatic rings. The molecule has 1 aliphatic heterocycles. The van der Waals surface area contributed by atoms with Gasteiger partial charge in [-0.1, -0.05) is 23.7 Å². The summed E-state index contributed by atoms with van der Waals surface area (Å²) in [6.07, 6.45) is 1.82. The van der Waals surface area contributed by atoms with Crippen molar-refractivity contribution in [2.45, 2.75) is 0 Å². The lowest BCUT2D eigenvalue weighted by Gasteiger charge is -2.21. The van der Waals surface area contributed by atoms with Gasteiger partial charge in [0.15, 0.2) is 0 Å². The molecule has 74 valence electrons. The molecule has 0 amide bonds. The number of rotatable bonds is 0. The van der Waals surface area contributed by atoms with Gasteiger partial charge in [0.05, 0.1) is 17.7 Å². The van der Waals surface area contributed by atoms with Crippen molar-refractivity contribution in [1.29, 1.82) is 0 Å². The summed E-state index contributed by atoms with van der Waals surface area (Å²) in [6.45, 7) is 0. The molecule has 0 aromatic heterocycles. The van der Waals surface area contributed by atoms with Crippen LogP contribution in [0.25, 0.3) is 10.8 Å². The summed E-state index contributed by atoms with van der Waals surface area (Å²) in [4.78, 5) is 6.38. The molecule has 0 unspecified atom stereocenters. The van der Waals surface area contributed by atoms with Crippen LogP contribution >= 0.6 is 11.6 Å². The third kappa shape index (κ3) is 1.15. The second kappa shape index (κ2) is 2.97. The van der Waals surface area contributed by atoms with Gasteiger partial charge < -0.3 is 4.90 Å². The summed E-state index contributed by atoms with van der Waals surface area (Å²) in [5.74, 6) is 0. The molecule has 0 saturated heterocycles. The van der Waals surface area contributed by atoms with Crippen LogP contribution in [0.4, 0.5) is 11.4 Å². The van der Waals surface area contributed by atoms with Crippen molar-refractivity contribution in [2.24, 2.45) is 4.99 Å². The first-order chi connectivity index (χ1) is 7.27. The topological polar surface area (TPSA) is 15.6 Å². The number of benzene rings is 2. The van der Waals surface area contributed by atoms with Crippen LogP contribution in [0, 0.1) is 0 Å². The Hall–Kier alpha value is -1.54. The van der Waals surface area contributed by atoms with Crippen LogP contribution in [0.15, 0.2) is 35.3 Å². The first-order valence-corrected chi connectivity index (χ1v) is 5.13. The molecule has 0 aliphatic carbocycles. The second-order valence-electron chi connectivity index (χ2n) is 3.62. The molecular formula is C12H9ClN2. The quantitative estimate of drug-likeness (QED) is 0.657. The van der Waals surface area contributed by atoms with Gasteiger partial charge in [-0.3, -0.25) is 0 Å². The number of hydrogen-bond donors (Lipinski definition) is 0. The van der Waals surface area contributed by atoms with Crippen molar-refractivity contribution in [3.05, 3.63) is 35.4 Å². The minimum atomic E-state index is 0.779. The van der Waals surface area contributed by atoms with E-state index in [-0.39, 0.29) is 0 Å². The van der Waals surface area contributed by atoms with Crippen LogP contribution in [-0.2, 0) is 0 Å². The Bertz CT molecular complexity index is 575. The van der Waals surface area contributed by atoms with Gasteiger partial charge in [0.1, 0.15) is 0 Å². The van der Waals surface area contributed by atoms with Gasteiger partial charge in [-0.05, 0) is 18.2 Å². The predicted octanol–water partition coefficient (Wildman–Crippen LogP) is 3.60. The Morgan fingerprint density at radius 2 is 2.07 bits per heavy atom. The molecule has 0 fully saturated rings. The van der Waals surface area contributed by atoms with Crippen molar-refractivity contribution in [3.8, 4) is 0 Å². The lowest BCUT2D eigenvalue weighted by Crippen LogP contribution is -2.16. The number of halogens is 1. The molecule has 0 N–H and O–H groups in total. The Labute approximate surface area is 92.8 Å². The van der Waals surface area contributed by atoms with Gasteiger partial charge in [0, 0.05) is 22.8 Å². The molecule has 1 heterocycles. The normalized spacial score (nSPS) is 13.6. The maximum absolute atomic E-state index is 6.16. The molecule has 1 aliphatic rings. The van der Waals surface area contributed by atoms with E-state index < -0.39 is 0 Å². The highest BCUT2D eigenvalue weighted by Crippen LogP contribution is 2.39. The number of anilines is 1. The minimum absolute atomic E-state index is 0.779. The van der Waals surface area contributed by atoms with Crippen molar-refractivity contribution >= 4 is 40.1 Å². The Morgan fingerprint density at radius 1 is 1.20 bits per heavy atom. The second-order valence-corrected chi connectivity index (χ2v) is 4.03. The molecular weight excluding hydrogens is 208 g/mol. The van der Waals surface area contributed by atoms with Gasteiger partial charge in [-0.15, -0.1) is 0 Å². The van der Waals surface area contributed by atoms with Gasteiger partial charge >= 0.3 is 0 Å². The average molecular weight is 217 g/mol. The van der Waals surface area contributed by atoms with Crippen molar-refractivity contribution in [3.63, 3.8) is 0 Å². The molecule has 3 rings (SSSR count). The summed E-state index contributed by atoms with van der Waals surface area (Å²) < 4.78 is 0. The summed E-state index contributed by atoms with van der Waals surface area (Å²) in [7, 11) is 1.99. The summed E-state index contributed by atoms with van der Waals surface area (Å²) in [6, 6.07) is 9.97. The minimum Gasteiger partial charge on any atom is -0.335 e. The van der Waals surface area contributed by atoms with Crippen LogP contribution in [0.3, 0.4) is 0 Å². The van der Waals surface area contributed by atoms with Crippen LogP contribution in [0.5, 0.6) is 0 Å². The Balaban J connectivity index is 2.53. The lowest BCUT2D eigenvalue weighted by atomic mass is 10.1. The number of hydrogen-bond acceptors (Lipinski definition) is 2. The number of nitrogens with zero attached hydrogens (tertiary/aromatic N) is 2. The first-order valence-electron chi connectivity index (χ1n) is 4.75. The van der Waals surface area contributed by atoms with Gasteiger partial charge in [0.2, 0.25) is 0 Å². The smallest absolute Gasteiger partial charge is 0.0954 e. The maximum Gasteiger partial charge on any atom is 0.0954 e. The fraction of sp³-hybridized carbons (Fsp3) is 0.0833. The summed E-state index contributed by atoms with van der Waals surface area (Å²) >= 11 is 6.16. The molecule has 3 heteroatoms. The molecule has 0 atom stereocenters. The van der Waals surface area contributed by atoms with Gasteiger partial charge in [-0.2, -0.15) is 0 Å². The van der Waals surface area contributed by atoms with Crippen molar-refractivity contribution in [2.75, 3.05) is 11.9 Å². The van der Waals surface area contributed by atoms with Crippen LogP contribution < -0.4 is 4.90 Å². The first kappa shape index (κ1) is 8.74. The van der Waals surface area contributed by atoms with Crippen LogP contribution in [0.2, 0.25) is 5.02 Å². The summed E-state index contributed by atoms with van der Waals surface area (Å²) in [5.41, 5.74) is 2.14. The standard InChI is InChI=1S/C12H9ClN2/c1-15-7-14-10-4-2-3-8-9(13)5-6-11(15)12(8)10/h2-7H,1H3. The van der Waals surface area contributed by atoms with E-state index in [1.54, 1.807) is 0 Å². The fourth-order valence-corrected chi connectivity index (χ4v) is 2.17. The van der Waals surface area contributed by atoms with E-state index >= 15 is 0 Å². The van der Waals surface area contributed by atoms with E-state index in [9.17, 15) is 0 Å². The average Bonchev–Trinajstić information content (AvgIpc) is 2.26. The van der Waals surface area contributed by atoms with Crippen molar-refractivity contribution in [1.82, 2.24) is 0 Å². The third-order valence-corrected chi connectivity index (χ3v) is 3.02. The molecule has 15 heavy (non-hydrogen) atoms. The lowest BCUT2D eigenvalue weighted by molar-refractivity contribution is 1.28. The van der Waals surface area contributed by atoms with Crippen LogP contribution in [0.1, 0.15) is 0 Å². The van der Waals surface area contributed by atoms with E-state index in [0.29, 0.717) is 0 Å². The molecule has 2 aromatic carbocycles. The molecule has 0 bridgehead atoms. The highest BCUT2D eigenvalue weighted by Gasteiger charge is 2.14. The highest BCUT2D eigenvalue weighted by molar-refractivity contribution is 6.36. The maximum atomic E-state index is 6.16. The monoisotopic (exact) mass is 216 g/mol. The fourth-order valence-electron chi connectivity index (χ4n) is 1.95. The molecule has 0 radical (unpaired) electrons. The SMILES string of the molecule is CN1C=Nc2cccc3c(Cl)ccc1c23. The Kier molecular flexibility index (Phi) is 1.73. The van der Waals surface area contributed by atoms with E-state index in [4.69, 9.17) is 11.6 Å². The molecule has 0 spiro atoms. The molecule has 0 saturated carbocycles. The van der Waals surface area contributed by atoms with E-state index in [1.165, 1.54) is 0 Å². The third-order valence-electron chi connectivity index (χ3n) is 2.69. The van der Waals surface area contributed by atoms with Crippen LogP contribution in [-0.4, -0.2) is 13.4 Å². The van der Waals surface area contributed by atoms with Gasteiger partial charge in [0.25, 0.3) is 0 Å². The zero-order valence-electron chi connectivity index (χ0n) is 8.24.